The number of benzene rings is 2. The Labute approximate surface area is 113 Å². The third-order valence-electron chi connectivity index (χ3n) is 3.33. The van der Waals surface area contributed by atoms with Gasteiger partial charge in [0.05, 0.1) is 13.0 Å². The van der Waals surface area contributed by atoms with Crippen molar-refractivity contribution in [3.8, 4) is 0 Å². The first-order chi connectivity index (χ1) is 9.26. The summed E-state index contributed by atoms with van der Waals surface area (Å²) in [6.45, 7) is 2.97. The first kappa shape index (κ1) is 13.6. The number of carbonyl (C=O) groups is 1. The standard InChI is InChI=1S/C16H19NO2/c1-2-17(10-11-18)16(19)12-14-8-5-7-13-6-3-4-9-15(13)14/h3-9,18H,2,10-12H2,1H3. The normalized spacial score (nSPS) is 10.6. The van der Waals surface area contributed by atoms with Crippen molar-refractivity contribution in [2.75, 3.05) is 19.7 Å². The van der Waals surface area contributed by atoms with E-state index in [1.165, 1.54) is 0 Å². The molecule has 0 aliphatic rings. The Morgan fingerprint density at radius 2 is 1.89 bits per heavy atom. The molecule has 0 fully saturated rings. The van der Waals surface area contributed by atoms with Crippen LogP contribution < -0.4 is 0 Å². The second-order valence-electron chi connectivity index (χ2n) is 4.51. The first-order valence-electron chi connectivity index (χ1n) is 6.61. The summed E-state index contributed by atoms with van der Waals surface area (Å²) in [7, 11) is 0. The summed E-state index contributed by atoms with van der Waals surface area (Å²) in [4.78, 5) is 13.9. The van der Waals surface area contributed by atoms with Crippen LogP contribution in [-0.4, -0.2) is 35.6 Å². The van der Waals surface area contributed by atoms with Crippen molar-refractivity contribution >= 4 is 16.7 Å². The molecule has 0 atom stereocenters. The molecule has 0 bridgehead atoms. The van der Waals surface area contributed by atoms with Gasteiger partial charge in [0.25, 0.3) is 0 Å². The van der Waals surface area contributed by atoms with Gasteiger partial charge in [0.15, 0.2) is 0 Å². The van der Waals surface area contributed by atoms with Crippen LogP contribution in [0, 0.1) is 0 Å². The number of likely N-dealkylation sites (N-methyl/N-ethyl adjacent to an activating group) is 1. The molecule has 0 saturated heterocycles. The number of amides is 1. The number of rotatable bonds is 5. The molecule has 100 valence electrons. The molecule has 0 aliphatic carbocycles. The molecule has 0 saturated carbocycles. The zero-order chi connectivity index (χ0) is 13.7. The molecule has 1 N–H and O–H groups in total. The number of aliphatic hydroxyl groups excluding tert-OH is 1. The van der Waals surface area contributed by atoms with Crippen LogP contribution in [0.1, 0.15) is 12.5 Å². The first-order valence-corrected chi connectivity index (χ1v) is 6.61. The van der Waals surface area contributed by atoms with Gasteiger partial charge in [-0.05, 0) is 23.3 Å². The number of hydrogen-bond acceptors (Lipinski definition) is 2. The van der Waals surface area contributed by atoms with Crippen LogP contribution in [0.4, 0.5) is 0 Å². The highest BCUT2D eigenvalue weighted by Gasteiger charge is 2.12. The minimum absolute atomic E-state index is 0.00905. The molecule has 3 heteroatoms. The van der Waals surface area contributed by atoms with Gasteiger partial charge in [-0.25, -0.2) is 0 Å². The smallest absolute Gasteiger partial charge is 0.227 e. The Morgan fingerprint density at radius 3 is 2.63 bits per heavy atom. The molecule has 0 aliphatic heterocycles. The third-order valence-corrected chi connectivity index (χ3v) is 3.33. The van der Waals surface area contributed by atoms with Gasteiger partial charge in [0.1, 0.15) is 0 Å². The van der Waals surface area contributed by atoms with Crippen molar-refractivity contribution in [2.24, 2.45) is 0 Å². The predicted molar refractivity (Wildman–Crippen MR) is 77.0 cm³/mol. The fraction of sp³-hybridized carbons (Fsp3) is 0.312. The lowest BCUT2D eigenvalue weighted by molar-refractivity contribution is -0.130. The van der Waals surface area contributed by atoms with Crippen LogP contribution in [-0.2, 0) is 11.2 Å². The third kappa shape index (κ3) is 3.12. The van der Waals surface area contributed by atoms with Crippen LogP contribution in [0.25, 0.3) is 10.8 Å². The van der Waals surface area contributed by atoms with E-state index in [0.717, 1.165) is 16.3 Å². The SMILES string of the molecule is CCN(CCO)C(=O)Cc1cccc2ccccc12. The minimum atomic E-state index is 0.00905. The molecule has 3 nitrogen and oxygen atoms in total. The molecule has 2 aromatic carbocycles. The van der Waals surface area contributed by atoms with E-state index in [1.807, 2.05) is 37.3 Å². The maximum Gasteiger partial charge on any atom is 0.227 e. The van der Waals surface area contributed by atoms with E-state index in [4.69, 9.17) is 5.11 Å². The predicted octanol–water partition coefficient (Wildman–Crippen LogP) is 2.22. The van der Waals surface area contributed by atoms with E-state index in [9.17, 15) is 4.79 Å². The molecular formula is C16H19NO2. The summed E-state index contributed by atoms with van der Waals surface area (Å²) in [5.41, 5.74) is 1.04. The van der Waals surface area contributed by atoms with Crippen LogP contribution in [0.5, 0.6) is 0 Å². The summed E-state index contributed by atoms with van der Waals surface area (Å²) < 4.78 is 0. The topological polar surface area (TPSA) is 40.5 Å². The molecule has 19 heavy (non-hydrogen) atoms. The van der Waals surface area contributed by atoms with Gasteiger partial charge in [0.2, 0.25) is 5.91 Å². The average molecular weight is 257 g/mol. The average Bonchev–Trinajstić information content (AvgIpc) is 2.45. The molecule has 0 spiro atoms. The monoisotopic (exact) mass is 257 g/mol. The van der Waals surface area contributed by atoms with Crippen molar-refractivity contribution in [3.05, 3.63) is 48.0 Å². The molecule has 0 heterocycles. The summed E-state index contributed by atoms with van der Waals surface area (Å²) in [5, 5.41) is 11.2. The number of fused-ring (bicyclic) bond motifs is 1. The number of nitrogens with zero attached hydrogens (tertiary/aromatic N) is 1. The number of aliphatic hydroxyl groups is 1. The van der Waals surface area contributed by atoms with Gasteiger partial charge >= 0.3 is 0 Å². The fourth-order valence-corrected chi connectivity index (χ4v) is 2.30. The van der Waals surface area contributed by atoms with E-state index in [0.29, 0.717) is 19.5 Å². The molecule has 0 radical (unpaired) electrons. The second-order valence-corrected chi connectivity index (χ2v) is 4.51. The van der Waals surface area contributed by atoms with Gasteiger partial charge in [-0.3, -0.25) is 4.79 Å². The van der Waals surface area contributed by atoms with Gasteiger partial charge < -0.3 is 10.0 Å². The Bertz CT molecular complexity index is 560. The zero-order valence-electron chi connectivity index (χ0n) is 11.2. The van der Waals surface area contributed by atoms with Crippen LogP contribution in [0.15, 0.2) is 42.5 Å². The Morgan fingerprint density at radius 1 is 1.16 bits per heavy atom. The van der Waals surface area contributed by atoms with Crippen molar-refractivity contribution in [3.63, 3.8) is 0 Å². The molecule has 0 aromatic heterocycles. The second kappa shape index (κ2) is 6.34. The van der Waals surface area contributed by atoms with Gasteiger partial charge in [-0.2, -0.15) is 0 Å². The number of hydrogen-bond donors (Lipinski definition) is 1. The van der Waals surface area contributed by atoms with E-state index in [1.54, 1.807) is 4.90 Å². The highest BCUT2D eigenvalue weighted by molar-refractivity contribution is 5.90. The lowest BCUT2D eigenvalue weighted by Crippen LogP contribution is -2.34. The number of carbonyl (C=O) groups excluding carboxylic acids is 1. The van der Waals surface area contributed by atoms with Crippen LogP contribution in [0.3, 0.4) is 0 Å². The minimum Gasteiger partial charge on any atom is -0.395 e. The molecule has 2 aromatic rings. The van der Waals surface area contributed by atoms with Gasteiger partial charge in [-0.1, -0.05) is 42.5 Å². The van der Waals surface area contributed by atoms with Crippen molar-refractivity contribution < 1.29 is 9.90 Å². The van der Waals surface area contributed by atoms with Crippen LogP contribution >= 0.6 is 0 Å². The highest BCUT2D eigenvalue weighted by Crippen LogP contribution is 2.19. The highest BCUT2D eigenvalue weighted by atomic mass is 16.3. The van der Waals surface area contributed by atoms with E-state index in [-0.39, 0.29) is 12.5 Å². The van der Waals surface area contributed by atoms with E-state index in [2.05, 4.69) is 12.1 Å². The Hall–Kier alpha value is -1.87. The lowest BCUT2D eigenvalue weighted by atomic mass is 10.0. The quantitative estimate of drug-likeness (QED) is 0.892. The zero-order valence-corrected chi connectivity index (χ0v) is 11.2. The largest absolute Gasteiger partial charge is 0.395 e. The molecule has 0 unspecified atom stereocenters. The maximum atomic E-state index is 12.2. The summed E-state index contributed by atoms with van der Waals surface area (Å²) in [5.74, 6) is 0.0629. The summed E-state index contributed by atoms with van der Waals surface area (Å²) in [6, 6.07) is 14.1. The molecular weight excluding hydrogens is 238 g/mol. The Balaban J connectivity index is 2.23. The van der Waals surface area contributed by atoms with Crippen molar-refractivity contribution in [1.29, 1.82) is 0 Å². The van der Waals surface area contributed by atoms with Gasteiger partial charge in [0, 0.05) is 13.1 Å². The van der Waals surface area contributed by atoms with Crippen molar-refractivity contribution in [1.82, 2.24) is 4.90 Å². The van der Waals surface area contributed by atoms with Crippen LogP contribution in [0.2, 0.25) is 0 Å². The summed E-state index contributed by atoms with van der Waals surface area (Å²) >= 11 is 0. The molecule has 1 amide bonds. The van der Waals surface area contributed by atoms with Gasteiger partial charge in [-0.15, -0.1) is 0 Å². The van der Waals surface area contributed by atoms with E-state index < -0.39 is 0 Å². The lowest BCUT2D eigenvalue weighted by Gasteiger charge is -2.20. The maximum absolute atomic E-state index is 12.2. The Kier molecular flexibility index (Phi) is 4.53. The van der Waals surface area contributed by atoms with E-state index >= 15 is 0 Å². The fourth-order valence-electron chi connectivity index (χ4n) is 2.30. The summed E-state index contributed by atoms with van der Waals surface area (Å²) in [6.07, 6.45) is 0.384. The molecule has 2 rings (SSSR count). The van der Waals surface area contributed by atoms with Crippen molar-refractivity contribution in [2.45, 2.75) is 13.3 Å².